The Bertz CT molecular complexity index is 1680. The maximum atomic E-state index is 13.2. The molecule has 0 aliphatic carbocycles. The van der Waals surface area contributed by atoms with E-state index in [2.05, 4.69) is 24.4 Å². The molecule has 0 unspecified atom stereocenters. The van der Waals surface area contributed by atoms with Crippen molar-refractivity contribution in [3.63, 3.8) is 0 Å². The van der Waals surface area contributed by atoms with Crippen LogP contribution in [0.15, 0.2) is 91.0 Å². The normalized spacial score (nSPS) is 11.8. The van der Waals surface area contributed by atoms with Crippen molar-refractivity contribution in [1.82, 2.24) is 5.32 Å². The van der Waals surface area contributed by atoms with Crippen LogP contribution < -0.4 is 5.32 Å². The molecule has 0 spiro atoms. The van der Waals surface area contributed by atoms with Crippen molar-refractivity contribution in [3.8, 4) is 16.9 Å². The first-order valence-corrected chi connectivity index (χ1v) is 14.2. The molecule has 0 aliphatic rings. The number of thiophene rings is 1. The van der Waals surface area contributed by atoms with Gasteiger partial charge in [-0.25, -0.2) is 4.79 Å². The number of rotatable bonds is 9. The number of carbonyl (C=O) groups is 2. The van der Waals surface area contributed by atoms with Gasteiger partial charge in [-0.1, -0.05) is 67.1 Å². The number of amides is 1. The molecular weight excluding hydrogens is 542 g/mol. The second kappa shape index (κ2) is 11.9. The summed E-state index contributed by atoms with van der Waals surface area (Å²) >= 11 is 7.34. The van der Waals surface area contributed by atoms with Gasteiger partial charge in [0.25, 0.3) is 5.91 Å². The zero-order valence-electron chi connectivity index (χ0n) is 21.9. The lowest BCUT2D eigenvalue weighted by Crippen LogP contribution is -2.42. The minimum absolute atomic E-state index is 0.0926. The summed E-state index contributed by atoms with van der Waals surface area (Å²) in [5.74, 6) is -1.44. The fourth-order valence-electron chi connectivity index (χ4n) is 4.72. The largest absolute Gasteiger partial charge is 0.508 e. The molecule has 0 aliphatic heterocycles. The van der Waals surface area contributed by atoms with Crippen molar-refractivity contribution in [2.45, 2.75) is 32.2 Å². The summed E-state index contributed by atoms with van der Waals surface area (Å²) in [4.78, 5) is 25.8. The summed E-state index contributed by atoms with van der Waals surface area (Å²) in [6, 6.07) is 27.3. The third kappa shape index (κ3) is 6.36. The van der Waals surface area contributed by atoms with Gasteiger partial charge in [0, 0.05) is 16.1 Å². The van der Waals surface area contributed by atoms with Gasteiger partial charge in [-0.15, -0.1) is 11.3 Å². The number of hydrogen-bond acceptors (Lipinski definition) is 4. The molecule has 0 saturated heterocycles. The Labute approximate surface area is 241 Å². The quantitative estimate of drug-likeness (QED) is 0.171. The van der Waals surface area contributed by atoms with Crippen LogP contribution in [0.5, 0.6) is 5.75 Å². The standard InChI is InChI=1S/C33H28ClNO4S/c1-2-20-3-5-21(6-4-20)15-25-17-28(36)13-9-24(25)18-29(33(38)39)35-32(37)31-19-26-16-23(10-14-30(26)40-31)22-7-11-27(34)12-8-22/h3-14,16-17,19,29,36H,2,15,18H2,1H3,(H,35,37)(H,38,39)/t29-/m0/s1. The minimum Gasteiger partial charge on any atom is -0.508 e. The first-order chi connectivity index (χ1) is 19.3. The molecule has 1 heterocycles. The molecule has 1 aromatic heterocycles. The van der Waals surface area contributed by atoms with Gasteiger partial charge in [0.05, 0.1) is 4.88 Å². The lowest BCUT2D eigenvalue weighted by molar-refractivity contribution is -0.139. The summed E-state index contributed by atoms with van der Waals surface area (Å²) < 4.78 is 0.935. The molecule has 3 N–H and O–H groups in total. The number of carbonyl (C=O) groups excluding carboxylic acids is 1. The van der Waals surface area contributed by atoms with Crippen LogP contribution in [0.25, 0.3) is 21.2 Å². The Hall–Kier alpha value is -4.13. The molecule has 40 heavy (non-hydrogen) atoms. The lowest BCUT2D eigenvalue weighted by Gasteiger charge is -2.17. The van der Waals surface area contributed by atoms with Crippen molar-refractivity contribution in [2.24, 2.45) is 0 Å². The number of aliphatic carboxylic acids is 1. The van der Waals surface area contributed by atoms with Crippen LogP contribution >= 0.6 is 22.9 Å². The highest BCUT2D eigenvalue weighted by Gasteiger charge is 2.24. The molecule has 0 fully saturated rings. The van der Waals surface area contributed by atoms with Gasteiger partial charge < -0.3 is 15.5 Å². The van der Waals surface area contributed by atoms with Crippen LogP contribution in [-0.2, 0) is 24.1 Å². The second-order valence-electron chi connectivity index (χ2n) is 9.74. The van der Waals surface area contributed by atoms with Gasteiger partial charge in [0.1, 0.15) is 11.8 Å². The van der Waals surface area contributed by atoms with Crippen molar-refractivity contribution < 1.29 is 19.8 Å². The predicted octanol–water partition coefficient (Wildman–Crippen LogP) is 7.51. The maximum Gasteiger partial charge on any atom is 0.326 e. The molecule has 5 nitrogen and oxygen atoms in total. The second-order valence-corrected chi connectivity index (χ2v) is 11.3. The van der Waals surface area contributed by atoms with Gasteiger partial charge in [0.15, 0.2) is 0 Å². The van der Waals surface area contributed by atoms with Gasteiger partial charge >= 0.3 is 5.97 Å². The van der Waals surface area contributed by atoms with Crippen LogP contribution in [0.3, 0.4) is 0 Å². The Morgan fingerprint density at radius 3 is 2.25 bits per heavy atom. The number of carboxylic acid groups (broad SMARTS) is 1. The number of phenolic OH excluding ortho intramolecular Hbond substituents is 1. The van der Waals surface area contributed by atoms with E-state index in [9.17, 15) is 19.8 Å². The first kappa shape index (κ1) is 27.4. The van der Waals surface area contributed by atoms with Gasteiger partial charge in [-0.2, -0.15) is 0 Å². The zero-order chi connectivity index (χ0) is 28.2. The Morgan fingerprint density at radius 2 is 1.55 bits per heavy atom. The third-order valence-electron chi connectivity index (χ3n) is 6.96. The number of halogens is 1. The van der Waals surface area contributed by atoms with Gasteiger partial charge in [-0.3, -0.25) is 4.79 Å². The average molecular weight is 570 g/mol. The number of phenols is 1. The van der Waals surface area contributed by atoms with E-state index in [4.69, 9.17) is 11.6 Å². The average Bonchev–Trinajstić information content (AvgIpc) is 3.38. The molecule has 0 radical (unpaired) electrons. The summed E-state index contributed by atoms with van der Waals surface area (Å²) in [5, 5.41) is 24.4. The molecule has 1 amide bonds. The van der Waals surface area contributed by atoms with Crippen molar-refractivity contribution >= 4 is 44.9 Å². The van der Waals surface area contributed by atoms with Crippen molar-refractivity contribution in [2.75, 3.05) is 0 Å². The van der Waals surface area contributed by atoms with Crippen LogP contribution in [0.4, 0.5) is 0 Å². The number of fused-ring (bicyclic) bond motifs is 1. The fraction of sp³-hybridized carbons (Fsp3) is 0.152. The minimum atomic E-state index is -1.13. The summed E-state index contributed by atoms with van der Waals surface area (Å²) in [5.41, 5.74) is 5.89. The van der Waals surface area contributed by atoms with E-state index in [1.54, 1.807) is 24.3 Å². The van der Waals surface area contributed by atoms with E-state index < -0.39 is 17.9 Å². The number of aryl methyl sites for hydroxylation is 1. The molecule has 202 valence electrons. The smallest absolute Gasteiger partial charge is 0.326 e. The molecule has 7 heteroatoms. The molecule has 0 saturated carbocycles. The summed E-state index contributed by atoms with van der Waals surface area (Å²) in [6.07, 6.45) is 1.58. The first-order valence-electron chi connectivity index (χ1n) is 13.0. The van der Waals surface area contributed by atoms with Crippen LogP contribution in [0, 0.1) is 0 Å². The van der Waals surface area contributed by atoms with Gasteiger partial charge in [0.2, 0.25) is 0 Å². The molecule has 0 bridgehead atoms. The third-order valence-corrected chi connectivity index (χ3v) is 8.33. The molecular formula is C33H28ClNO4S. The topological polar surface area (TPSA) is 86.6 Å². The summed E-state index contributed by atoms with van der Waals surface area (Å²) in [7, 11) is 0. The highest BCUT2D eigenvalue weighted by molar-refractivity contribution is 7.20. The number of hydrogen-bond donors (Lipinski definition) is 3. The molecule has 1 atom stereocenters. The zero-order valence-corrected chi connectivity index (χ0v) is 23.4. The molecule has 5 rings (SSSR count). The van der Waals surface area contributed by atoms with E-state index >= 15 is 0 Å². The SMILES string of the molecule is CCc1ccc(Cc2cc(O)ccc2C[C@H](NC(=O)c2cc3cc(-c4ccc(Cl)cc4)ccc3s2)C(=O)O)cc1. The lowest BCUT2D eigenvalue weighted by atomic mass is 9.94. The molecule has 5 aromatic rings. The fourth-order valence-corrected chi connectivity index (χ4v) is 5.79. The van der Waals surface area contributed by atoms with Gasteiger partial charge in [-0.05, 0) is 94.1 Å². The number of carboxylic acids is 1. The Morgan fingerprint density at radius 1 is 0.850 bits per heavy atom. The maximum absolute atomic E-state index is 13.2. The van der Waals surface area contributed by atoms with Crippen molar-refractivity contribution in [1.29, 1.82) is 0 Å². The highest BCUT2D eigenvalue weighted by atomic mass is 35.5. The number of benzene rings is 4. The number of nitrogens with one attached hydrogen (secondary N) is 1. The van der Waals surface area contributed by atoms with E-state index in [0.717, 1.165) is 44.3 Å². The predicted molar refractivity (Wildman–Crippen MR) is 162 cm³/mol. The Kier molecular flexibility index (Phi) is 8.19. The monoisotopic (exact) mass is 569 g/mol. The molecule has 4 aromatic carbocycles. The van der Waals surface area contributed by atoms with E-state index in [1.165, 1.54) is 16.9 Å². The van der Waals surface area contributed by atoms with Crippen molar-refractivity contribution in [3.05, 3.63) is 123 Å². The van der Waals surface area contributed by atoms with E-state index in [1.807, 2.05) is 54.6 Å². The highest BCUT2D eigenvalue weighted by Crippen LogP contribution is 2.31. The number of aromatic hydroxyl groups is 1. The van der Waals surface area contributed by atoms with Crippen LogP contribution in [0.2, 0.25) is 5.02 Å². The van der Waals surface area contributed by atoms with Crippen LogP contribution in [0.1, 0.15) is 38.8 Å². The Balaban J connectivity index is 1.34. The van der Waals surface area contributed by atoms with E-state index in [-0.39, 0.29) is 12.2 Å². The van der Waals surface area contributed by atoms with Crippen LogP contribution in [-0.4, -0.2) is 28.1 Å². The van der Waals surface area contributed by atoms with E-state index in [0.29, 0.717) is 16.3 Å². The summed E-state index contributed by atoms with van der Waals surface area (Å²) in [6.45, 7) is 2.10.